The van der Waals surface area contributed by atoms with Crippen LogP contribution in [-0.2, 0) is 0 Å². The normalized spacial score (nSPS) is 10.4. The molecular formula is C14H14ClN3O2. The van der Waals surface area contributed by atoms with Crippen LogP contribution in [0.5, 0.6) is 0 Å². The van der Waals surface area contributed by atoms with Gasteiger partial charge in [0.15, 0.2) is 0 Å². The van der Waals surface area contributed by atoms with Gasteiger partial charge in [0.2, 0.25) is 0 Å². The quantitative estimate of drug-likeness (QED) is 0.893. The SMILES string of the molecule is Cc1nc(C)c(C(=O)Nc2ccc(C)c(Cl)c2)c(=O)[nH]1. The summed E-state index contributed by atoms with van der Waals surface area (Å²) in [6.45, 7) is 5.15. The minimum atomic E-state index is -0.504. The highest BCUT2D eigenvalue weighted by Gasteiger charge is 2.15. The predicted octanol–water partition coefficient (Wildman–Crippen LogP) is 2.60. The topological polar surface area (TPSA) is 74.8 Å². The molecule has 1 heterocycles. The van der Waals surface area contributed by atoms with Crippen molar-refractivity contribution in [3.63, 3.8) is 0 Å². The Morgan fingerprint density at radius 2 is 2.00 bits per heavy atom. The molecule has 0 saturated heterocycles. The van der Waals surface area contributed by atoms with Crippen molar-refractivity contribution >= 4 is 23.2 Å². The number of hydrogen-bond acceptors (Lipinski definition) is 3. The van der Waals surface area contributed by atoms with E-state index in [0.29, 0.717) is 22.2 Å². The van der Waals surface area contributed by atoms with Gasteiger partial charge >= 0.3 is 0 Å². The van der Waals surface area contributed by atoms with E-state index >= 15 is 0 Å². The van der Waals surface area contributed by atoms with Crippen molar-refractivity contribution in [3.05, 3.63) is 56.2 Å². The second-order valence-corrected chi connectivity index (χ2v) is 4.94. The number of rotatable bonds is 2. The number of aromatic nitrogens is 2. The van der Waals surface area contributed by atoms with Crippen molar-refractivity contribution in [2.24, 2.45) is 0 Å². The summed E-state index contributed by atoms with van der Waals surface area (Å²) in [5, 5.41) is 3.20. The van der Waals surface area contributed by atoms with Crippen LogP contribution in [0.15, 0.2) is 23.0 Å². The summed E-state index contributed by atoms with van der Waals surface area (Å²) in [7, 11) is 0. The van der Waals surface area contributed by atoms with Crippen molar-refractivity contribution in [1.82, 2.24) is 9.97 Å². The maximum Gasteiger partial charge on any atom is 0.264 e. The molecule has 0 aliphatic rings. The van der Waals surface area contributed by atoms with Crippen molar-refractivity contribution in [3.8, 4) is 0 Å². The van der Waals surface area contributed by atoms with E-state index in [9.17, 15) is 9.59 Å². The summed E-state index contributed by atoms with van der Waals surface area (Å²) in [4.78, 5) is 30.6. The third-order valence-electron chi connectivity index (χ3n) is 2.88. The standard InChI is InChI=1S/C14H14ClN3O2/c1-7-4-5-10(6-11(7)15)18-14(20)12-8(2)16-9(3)17-13(12)19/h4-6H,1-3H3,(H,18,20)(H,16,17,19). The van der Waals surface area contributed by atoms with Gasteiger partial charge in [-0.05, 0) is 38.5 Å². The summed E-state index contributed by atoms with van der Waals surface area (Å²) >= 11 is 6.00. The molecule has 0 spiro atoms. The number of nitrogens with one attached hydrogen (secondary N) is 2. The van der Waals surface area contributed by atoms with Crippen LogP contribution in [0.3, 0.4) is 0 Å². The van der Waals surface area contributed by atoms with Crippen LogP contribution in [0, 0.1) is 20.8 Å². The molecule has 104 valence electrons. The molecule has 0 unspecified atom stereocenters. The lowest BCUT2D eigenvalue weighted by Crippen LogP contribution is -2.26. The van der Waals surface area contributed by atoms with E-state index in [0.717, 1.165) is 5.56 Å². The molecule has 0 bridgehead atoms. The fourth-order valence-corrected chi connectivity index (χ4v) is 2.04. The van der Waals surface area contributed by atoms with Crippen LogP contribution in [0.4, 0.5) is 5.69 Å². The third kappa shape index (κ3) is 2.88. The zero-order valence-electron chi connectivity index (χ0n) is 11.4. The van der Waals surface area contributed by atoms with Crippen LogP contribution in [-0.4, -0.2) is 15.9 Å². The number of anilines is 1. The van der Waals surface area contributed by atoms with Crippen molar-refractivity contribution in [2.75, 3.05) is 5.32 Å². The van der Waals surface area contributed by atoms with Gasteiger partial charge in [-0.2, -0.15) is 0 Å². The average Bonchev–Trinajstić information content (AvgIpc) is 2.32. The molecule has 20 heavy (non-hydrogen) atoms. The van der Waals surface area contributed by atoms with E-state index in [1.165, 1.54) is 0 Å². The highest BCUT2D eigenvalue weighted by molar-refractivity contribution is 6.31. The maximum atomic E-state index is 12.1. The van der Waals surface area contributed by atoms with Gasteiger partial charge in [0.05, 0.1) is 5.69 Å². The van der Waals surface area contributed by atoms with Gasteiger partial charge in [0.25, 0.3) is 11.5 Å². The molecule has 1 aromatic carbocycles. The van der Waals surface area contributed by atoms with Gasteiger partial charge in [-0.3, -0.25) is 9.59 Å². The molecule has 0 saturated carbocycles. The molecule has 1 amide bonds. The molecule has 5 nitrogen and oxygen atoms in total. The highest BCUT2D eigenvalue weighted by atomic mass is 35.5. The Morgan fingerprint density at radius 1 is 1.30 bits per heavy atom. The highest BCUT2D eigenvalue weighted by Crippen LogP contribution is 2.20. The summed E-state index contributed by atoms with van der Waals surface area (Å²) in [6.07, 6.45) is 0. The fourth-order valence-electron chi connectivity index (χ4n) is 1.86. The van der Waals surface area contributed by atoms with Crippen LogP contribution < -0.4 is 10.9 Å². The second-order valence-electron chi connectivity index (χ2n) is 4.53. The number of aromatic amines is 1. The van der Waals surface area contributed by atoms with Gasteiger partial charge in [-0.15, -0.1) is 0 Å². The first-order valence-electron chi connectivity index (χ1n) is 6.03. The number of halogens is 1. The van der Waals surface area contributed by atoms with Gasteiger partial charge < -0.3 is 10.3 Å². The largest absolute Gasteiger partial charge is 0.322 e. The Hall–Kier alpha value is -2.14. The lowest BCUT2D eigenvalue weighted by Gasteiger charge is -2.08. The first kappa shape index (κ1) is 14.3. The van der Waals surface area contributed by atoms with E-state index in [1.54, 1.807) is 32.0 Å². The van der Waals surface area contributed by atoms with Gasteiger partial charge in [0, 0.05) is 10.7 Å². The van der Waals surface area contributed by atoms with E-state index in [1.807, 2.05) is 6.92 Å². The molecule has 6 heteroatoms. The van der Waals surface area contributed by atoms with E-state index in [-0.39, 0.29) is 5.56 Å². The summed E-state index contributed by atoms with van der Waals surface area (Å²) in [5.74, 6) is -0.0291. The van der Waals surface area contributed by atoms with E-state index < -0.39 is 11.5 Å². The molecule has 0 aliphatic carbocycles. The molecule has 0 radical (unpaired) electrons. The van der Waals surface area contributed by atoms with Gasteiger partial charge in [0.1, 0.15) is 11.4 Å². The number of H-pyrrole nitrogens is 1. The van der Waals surface area contributed by atoms with Crippen molar-refractivity contribution < 1.29 is 4.79 Å². The summed E-state index contributed by atoms with van der Waals surface area (Å²) < 4.78 is 0. The minimum Gasteiger partial charge on any atom is -0.322 e. The summed E-state index contributed by atoms with van der Waals surface area (Å²) in [5.41, 5.74) is 1.39. The monoisotopic (exact) mass is 291 g/mol. The molecule has 0 atom stereocenters. The number of nitrogens with zero attached hydrogens (tertiary/aromatic N) is 1. The number of hydrogen-bond donors (Lipinski definition) is 2. The molecule has 0 aliphatic heterocycles. The van der Waals surface area contributed by atoms with E-state index in [4.69, 9.17) is 11.6 Å². The van der Waals surface area contributed by atoms with Crippen LogP contribution >= 0.6 is 11.6 Å². The molecular weight excluding hydrogens is 278 g/mol. The Balaban J connectivity index is 2.33. The first-order chi connectivity index (χ1) is 9.38. The number of aryl methyl sites for hydroxylation is 3. The lowest BCUT2D eigenvalue weighted by molar-refractivity contribution is 0.102. The Morgan fingerprint density at radius 3 is 2.60 bits per heavy atom. The zero-order chi connectivity index (χ0) is 14.9. The van der Waals surface area contributed by atoms with Gasteiger partial charge in [-0.1, -0.05) is 17.7 Å². The molecule has 2 N–H and O–H groups in total. The molecule has 2 rings (SSSR count). The van der Waals surface area contributed by atoms with Crippen LogP contribution in [0.2, 0.25) is 5.02 Å². The van der Waals surface area contributed by atoms with Gasteiger partial charge in [-0.25, -0.2) is 4.98 Å². The third-order valence-corrected chi connectivity index (χ3v) is 3.28. The number of carbonyl (C=O) groups is 1. The Bertz CT molecular complexity index is 738. The average molecular weight is 292 g/mol. The predicted molar refractivity (Wildman–Crippen MR) is 78.5 cm³/mol. The van der Waals surface area contributed by atoms with Crippen LogP contribution in [0.1, 0.15) is 27.4 Å². The minimum absolute atomic E-state index is 0.00676. The number of carbonyl (C=O) groups excluding carboxylic acids is 1. The first-order valence-corrected chi connectivity index (χ1v) is 6.41. The lowest BCUT2D eigenvalue weighted by atomic mass is 10.2. The maximum absolute atomic E-state index is 12.1. The Kier molecular flexibility index (Phi) is 3.90. The zero-order valence-corrected chi connectivity index (χ0v) is 12.1. The Labute approximate surface area is 121 Å². The second kappa shape index (κ2) is 5.46. The number of benzene rings is 1. The van der Waals surface area contributed by atoms with Crippen molar-refractivity contribution in [2.45, 2.75) is 20.8 Å². The van der Waals surface area contributed by atoms with Crippen molar-refractivity contribution in [1.29, 1.82) is 0 Å². The summed E-state index contributed by atoms with van der Waals surface area (Å²) in [6, 6.07) is 5.16. The van der Waals surface area contributed by atoms with Crippen LogP contribution in [0.25, 0.3) is 0 Å². The molecule has 0 fully saturated rings. The molecule has 2 aromatic rings. The van der Waals surface area contributed by atoms with E-state index in [2.05, 4.69) is 15.3 Å². The smallest absolute Gasteiger partial charge is 0.264 e. The number of amides is 1. The molecule has 1 aromatic heterocycles. The fraction of sp³-hybridized carbons (Fsp3) is 0.214.